The number of carbonyl (C=O) groups is 2. The van der Waals surface area contributed by atoms with Crippen molar-refractivity contribution in [3.8, 4) is 17.1 Å². The molecule has 4 N–H and O–H groups in total. The Morgan fingerprint density at radius 2 is 1.90 bits per heavy atom. The molecule has 0 saturated carbocycles. The summed E-state index contributed by atoms with van der Waals surface area (Å²) < 4.78 is 10.7. The third-order valence-electron chi connectivity index (χ3n) is 4.14. The summed E-state index contributed by atoms with van der Waals surface area (Å²) in [6.45, 7) is 1.72. The number of rotatable bonds is 6. The molecule has 0 aliphatic carbocycles. The van der Waals surface area contributed by atoms with E-state index in [2.05, 4.69) is 20.9 Å². The zero-order chi connectivity index (χ0) is 20.8. The molecule has 0 spiro atoms. The SMILES string of the molecule is COc1cc(NC(=O)Nc2cccc([C@@H](C)NC(=O)O)c2)ccc1-c1cnco1. The van der Waals surface area contributed by atoms with Crippen LogP contribution in [0.5, 0.6) is 5.75 Å². The average Bonchev–Trinajstić information content (AvgIpc) is 3.22. The van der Waals surface area contributed by atoms with Gasteiger partial charge in [-0.25, -0.2) is 14.6 Å². The molecular weight excluding hydrogens is 376 g/mol. The van der Waals surface area contributed by atoms with Gasteiger partial charge in [-0.3, -0.25) is 0 Å². The predicted octanol–water partition coefficient (Wildman–Crippen LogP) is 4.32. The highest BCUT2D eigenvalue weighted by Gasteiger charge is 2.12. The molecule has 29 heavy (non-hydrogen) atoms. The van der Waals surface area contributed by atoms with Gasteiger partial charge in [-0.15, -0.1) is 0 Å². The number of benzene rings is 2. The van der Waals surface area contributed by atoms with E-state index in [-0.39, 0.29) is 0 Å². The number of methoxy groups -OCH3 is 1. The molecule has 9 nitrogen and oxygen atoms in total. The molecule has 0 bridgehead atoms. The molecule has 0 radical (unpaired) electrons. The van der Waals surface area contributed by atoms with E-state index in [9.17, 15) is 9.59 Å². The molecule has 0 unspecified atom stereocenters. The van der Waals surface area contributed by atoms with Crippen LogP contribution in [0.2, 0.25) is 0 Å². The van der Waals surface area contributed by atoms with Crippen LogP contribution in [0.3, 0.4) is 0 Å². The second-order valence-electron chi connectivity index (χ2n) is 6.16. The van der Waals surface area contributed by atoms with Crippen molar-refractivity contribution in [1.29, 1.82) is 0 Å². The Morgan fingerprint density at radius 1 is 1.14 bits per heavy atom. The van der Waals surface area contributed by atoms with Gasteiger partial charge in [0.25, 0.3) is 0 Å². The number of aromatic nitrogens is 1. The van der Waals surface area contributed by atoms with Gasteiger partial charge < -0.3 is 30.2 Å². The second-order valence-corrected chi connectivity index (χ2v) is 6.16. The van der Waals surface area contributed by atoms with Crippen LogP contribution in [0.15, 0.2) is 59.5 Å². The van der Waals surface area contributed by atoms with Crippen LogP contribution in [0.25, 0.3) is 11.3 Å². The number of urea groups is 1. The Morgan fingerprint density at radius 3 is 2.55 bits per heavy atom. The molecule has 0 fully saturated rings. The van der Waals surface area contributed by atoms with Crippen LogP contribution in [0.1, 0.15) is 18.5 Å². The topological polar surface area (TPSA) is 126 Å². The number of anilines is 2. The highest BCUT2D eigenvalue weighted by Crippen LogP contribution is 2.32. The number of nitrogens with one attached hydrogen (secondary N) is 3. The molecule has 2 aromatic carbocycles. The fourth-order valence-electron chi connectivity index (χ4n) is 2.77. The number of ether oxygens (including phenoxy) is 1. The monoisotopic (exact) mass is 396 g/mol. The summed E-state index contributed by atoms with van der Waals surface area (Å²) >= 11 is 0. The first-order valence-electron chi connectivity index (χ1n) is 8.70. The minimum Gasteiger partial charge on any atom is -0.496 e. The normalized spacial score (nSPS) is 11.4. The first kappa shape index (κ1) is 19.7. The van der Waals surface area contributed by atoms with Gasteiger partial charge in [0.05, 0.1) is 24.9 Å². The van der Waals surface area contributed by atoms with Crippen molar-refractivity contribution in [2.75, 3.05) is 17.7 Å². The fourth-order valence-corrected chi connectivity index (χ4v) is 2.77. The first-order chi connectivity index (χ1) is 14.0. The molecule has 0 aliphatic heterocycles. The number of hydrogen-bond acceptors (Lipinski definition) is 5. The lowest BCUT2D eigenvalue weighted by atomic mass is 10.1. The smallest absolute Gasteiger partial charge is 0.405 e. The zero-order valence-corrected chi connectivity index (χ0v) is 15.8. The molecule has 0 aliphatic rings. The van der Waals surface area contributed by atoms with Crippen molar-refractivity contribution < 1.29 is 23.8 Å². The number of hydrogen-bond donors (Lipinski definition) is 4. The summed E-state index contributed by atoms with van der Waals surface area (Å²) in [6.07, 6.45) is 1.79. The second kappa shape index (κ2) is 8.79. The van der Waals surface area contributed by atoms with Crippen LogP contribution < -0.4 is 20.7 Å². The number of carbonyl (C=O) groups excluding carboxylic acids is 1. The summed E-state index contributed by atoms with van der Waals surface area (Å²) in [7, 11) is 1.52. The molecular formula is C20H20N4O5. The van der Waals surface area contributed by atoms with Crippen molar-refractivity contribution in [1.82, 2.24) is 10.3 Å². The van der Waals surface area contributed by atoms with Crippen molar-refractivity contribution in [2.24, 2.45) is 0 Å². The molecule has 1 aromatic heterocycles. The van der Waals surface area contributed by atoms with E-state index >= 15 is 0 Å². The molecule has 3 amide bonds. The molecule has 150 valence electrons. The summed E-state index contributed by atoms with van der Waals surface area (Å²) in [5.41, 5.74) is 2.50. The molecule has 0 saturated heterocycles. The Bertz CT molecular complexity index is 1000. The van der Waals surface area contributed by atoms with Gasteiger partial charge >= 0.3 is 12.1 Å². The van der Waals surface area contributed by atoms with Crippen molar-refractivity contribution in [2.45, 2.75) is 13.0 Å². The van der Waals surface area contributed by atoms with Gasteiger partial charge in [0.2, 0.25) is 0 Å². The summed E-state index contributed by atoms with van der Waals surface area (Å²) in [5, 5.41) is 16.7. The average molecular weight is 396 g/mol. The Kier molecular flexibility index (Phi) is 5.98. The standard InChI is InChI=1S/C20H20N4O5/c1-12(22-20(26)27)13-4-3-5-14(8-13)23-19(25)24-15-6-7-16(17(9-15)28-2)18-10-21-11-29-18/h3-12,22H,1-2H3,(H,26,27)(H2,23,24,25)/t12-/m1/s1. The Labute approximate surface area is 166 Å². The quantitative estimate of drug-likeness (QED) is 0.491. The van der Waals surface area contributed by atoms with E-state index in [1.165, 1.54) is 13.5 Å². The van der Waals surface area contributed by atoms with E-state index < -0.39 is 18.2 Å². The zero-order valence-electron chi connectivity index (χ0n) is 15.8. The van der Waals surface area contributed by atoms with Crippen molar-refractivity contribution in [3.63, 3.8) is 0 Å². The maximum absolute atomic E-state index is 12.4. The Hall–Kier alpha value is -4.01. The van der Waals surface area contributed by atoms with Crippen molar-refractivity contribution >= 4 is 23.5 Å². The third kappa shape index (κ3) is 5.04. The van der Waals surface area contributed by atoms with Crippen LogP contribution in [0.4, 0.5) is 21.0 Å². The lowest BCUT2D eigenvalue weighted by Crippen LogP contribution is -2.24. The van der Waals surface area contributed by atoms with Gasteiger partial charge in [0.15, 0.2) is 12.2 Å². The lowest BCUT2D eigenvalue weighted by Gasteiger charge is -2.14. The third-order valence-corrected chi connectivity index (χ3v) is 4.14. The summed E-state index contributed by atoms with van der Waals surface area (Å²) in [5.74, 6) is 1.08. The molecule has 9 heteroatoms. The maximum Gasteiger partial charge on any atom is 0.405 e. The van der Waals surface area contributed by atoms with Crippen LogP contribution in [-0.2, 0) is 0 Å². The highest BCUT2D eigenvalue weighted by atomic mass is 16.5. The maximum atomic E-state index is 12.4. The minimum absolute atomic E-state index is 0.412. The van der Waals surface area contributed by atoms with Gasteiger partial charge in [-0.1, -0.05) is 12.1 Å². The predicted molar refractivity (Wildman–Crippen MR) is 107 cm³/mol. The van der Waals surface area contributed by atoms with Crippen LogP contribution in [-0.4, -0.2) is 29.3 Å². The molecule has 3 aromatic rings. The Balaban J connectivity index is 1.69. The van der Waals surface area contributed by atoms with Gasteiger partial charge in [-0.05, 0) is 36.8 Å². The fraction of sp³-hybridized carbons (Fsp3) is 0.150. The van der Waals surface area contributed by atoms with Crippen LogP contribution in [0, 0.1) is 0 Å². The summed E-state index contributed by atoms with van der Waals surface area (Å²) in [4.78, 5) is 27.0. The minimum atomic E-state index is -1.11. The van der Waals surface area contributed by atoms with E-state index in [1.54, 1.807) is 55.6 Å². The van der Waals surface area contributed by atoms with E-state index in [0.29, 0.717) is 28.4 Å². The van der Waals surface area contributed by atoms with E-state index in [1.807, 2.05) is 0 Å². The van der Waals surface area contributed by atoms with Crippen molar-refractivity contribution in [3.05, 3.63) is 60.6 Å². The molecule has 1 atom stereocenters. The highest BCUT2D eigenvalue weighted by molar-refractivity contribution is 6.00. The van der Waals surface area contributed by atoms with Gasteiger partial charge in [-0.2, -0.15) is 0 Å². The number of nitrogens with zero attached hydrogens (tertiary/aromatic N) is 1. The number of carboxylic acid groups (broad SMARTS) is 1. The lowest BCUT2D eigenvalue weighted by molar-refractivity contribution is 0.191. The summed E-state index contributed by atoms with van der Waals surface area (Å²) in [6, 6.07) is 11.2. The number of amides is 3. The van der Waals surface area contributed by atoms with Gasteiger partial charge in [0.1, 0.15) is 5.75 Å². The molecule has 3 rings (SSSR count). The first-order valence-corrected chi connectivity index (χ1v) is 8.70. The molecule has 1 heterocycles. The largest absolute Gasteiger partial charge is 0.496 e. The van der Waals surface area contributed by atoms with E-state index in [4.69, 9.17) is 14.3 Å². The van der Waals surface area contributed by atoms with Gasteiger partial charge in [0, 0.05) is 17.4 Å². The number of oxazole rings is 1. The van der Waals surface area contributed by atoms with Crippen LogP contribution >= 0.6 is 0 Å². The van der Waals surface area contributed by atoms with E-state index in [0.717, 1.165) is 5.56 Å².